The molecule has 0 fully saturated rings. The third-order valence-corrected chi connectivity index (χ3v) is 2.86. The second kappa shape index (κ2) is 6.28. The van der Waals surface area contributed by atoms with Gasteiger partial charge in [0.15, 0.2) is 11.6 Å². The summed E-state index contributed by atoms with van der Waals surface area (Å²) in [5.74, 6) is -0.889. The van der Waals surface area contributed by atoms with E-state index in [1.807, 2.05) is 0 Å². The molecule has 1 aromatic carbocycles. The van der Waals surface area contributed by atoms with Crippen LogP contribution in [0.3, 0.4) is 0 Å². The average Bonchev–Trinajstić information content (AvgIpc) is 2.23. The highest BCUT2D eigenvalue weighted by molar-refractivity contribution is 5.20. The zero-order chi connectivity index (χ0) is 13.8. The van der Waals surface area contributed by atoms with Gasteiger partial charge in [0.05, 0.1) is 0 Å². The lowest BCUT2D eigenvalue weighted by Crippen LogP contribution is -2.33. The molecule has 0 amide bonds. The number of benzene rings is 1. The standard InChI is InChI=1S/C15H23F2N/c1-11(2)9-18-10-15(3,4)8-12-6-5-7-13(16)14(12)17/h5-7,11,18H,8-10H2,1-4H3. The molecule has 1 nitrogen and oxygen atoms in total. The van der Waals surface area contributed by atoms with E-state index in [1.165, 1.54) is 0 Å². The highest BCUT2D eigenvalue weighted by atomic mass is 19.2. The van der Waals surface area contributed by atoms with Crippen LogP contribution in [0.5, 0.6) is 0 Å². The molecule has 0 saturated carbocycles. The van der Waals surface area contributed by atoms with Gasteiger partial charge in [-0.15, -0.1) is 0 Å². The van der Waals surface area contributed by atoms with Gasteiger partial charge in [0.25, 0.3) is 0 Å². The van der Waals surface area contributed by atoms with E-state index in [4.69, 9.17) is 0 Å². The molecule has 0 bridgehead atoms. The van der Waals surface area contributed by atoms with Gasteiger partial charge in [-0.05, 0) is 35.9 Å². The first-order valence-electron chi connectivity index (χ1n) is 6.45. The Kier molecular flexibility index (Phi) is 5.27. The number of hydrogen-bond donors (Lipinski definition) is 1. The second-order valence-electron chi connectivity index (χ2n) is 6.08. The Labute approximate surface area is 109 Å². The summed E-state index contributed by atoms with van der Waals surface area (Å²) in [4.78, 5) is 0. The molecular formula is C15H23F2N. The molecule has 0 heterocycles. The van der Waals surface area contributed by atoms with Gasteiger partial charge in [0, 0.05) is 6.54 Å². The number of rotatable bonds is 6. The molecule has 3 heteroatoms. The third-order valence-electron chi connectivity index (χ3n) is 2.86. The first kappa shape index (κ1) is 15.1. The summed E-state index contributed by atoms with van der Waals surface area (Å²) in [6, 6.07) is 4.37. The fraction of sp³-hybridized carbons (Fsp3) is 0.600. The summed E-state index contributed by atoms with van der Waals surface area (Å²) < 4.78 is 26.7. The highest BCUT2D eigenvalue weighted by Crippen LogP contribution is 2.23. The minimum absolute atomic E-state index is 0.0937. The molecule has 18 heavy (non-hydrogen) atoms. The molecule has 0 aliphatic carbocycles. The van der Waals surface area contributed by atoms with Gasteiger partial charge in [-0.3, -0.25) is 0 Å². The van der Waals surface area contributed by atoms with Gasteiger partial charge in [-0.25, -0.2) is 8.78 Å². The minimum Gasteiger partial charge on any atom is -0.316 e. The van der Waals surface area contributed by atoms with Crippen molar-refractivity contribution in [3.8, 4) is 0 Å². The van der Waals surface area contributed by atoms with E-state index < -0.39 is 11.6 Å². The smallest absolute Gasteiger partial charge is 0.162 e. The molecule has 0 saturated heterocycles. The van der Waals surface area contributed by atoms with Gasteiger partial charge in [-0.2, -0.15) is 0 Å². The first-order valence-corrected chi connectivity index (χ1v) is 6.45. The van der Waals surface area contributed by atoms with E-state index in [1.54, 1.807) is 12.1 Å². The van der Waals surface area contributed by atoms with Crippen LogP contribution in [0.15, 0.2) is 18.2 Å². The molecule has 0 radical (unpaired) electrons. The summed E-state index contributed by atoms with van der Waals surface area (Å²) >= 11 is 0. The topological polar surface area (TPSA) is 12.0 Å². The van der Waals surface area contributed by atoms with Crippen molar-refractivity contribution in [3.63, 3.8) is 0 Å². The van der Waals surface area contributed by atoms with Crippen molar-refractivity contribution in [1.29, 1.82) is 0 Å². The van der Waals surface area contributed by atoms with Crippen LogP contribution in [0.1, 0.15) is 33.3 Å². The van der Waals surface area contributed by atoms with Crippen LogP contribution in [0, 0.1) is 23.0 Å². The van der Waals surface area contributed by atoms with Crippen LogP contribution >= 0.6 is 0 Å². The molecule has 0 atom stereocenters. The minimum atomic E-state index is -0.765. The lowest BCUT2D eigenvalue weighted by atomic mass is 9.85. The molecule has 102 valence electrons. The lowest BCUT2D eigenvalue weighted by Gasteiger charge is -2.26. The predicted octanol–water partition coefficient (Wildman–Crippen LogP) is 3.78. The maximum Gasteiger partial charge on any atom is 0.162 e. The van der Waals surface area contributed by atoms with Crippen molar-refractivity contribution in [2.45, 2.75) is 34.1 Å². The van der Waals surface area contributed by atoms with E-state index in [-0.39, 0.29) is 5.41 Å². The molecule has 0 aliphatic heterocycles. The Bertz CT molecular complexity index is 386. The van der Waals surface area contributed by atoms with Crippen LogP contribution in [0.25, 0.3) is 0 Å². The Morgan fingerprint density at radius 1 is 1.22 bits per heavy atom. The van der Waals surface area contributed by atoms with Crippen molar-refractivity contribution < 1.29 is 8.78 Å². The zero-order valence-corrected chi connectivity index (χ0v) is 11.7. The molecule has 0 unspecified atom stereocenters. The number of halogens is 2. The number of nitrogens with one attached hydrogen (secondary N) is 1. The quantitative estimate of drug-likeness (QED) is 0.815. The molecular weight excluding hydrogens is 232 g/mol. The van der Waals surface area contributed by atoms with E-state index in [0.717, 1.165) is 19.2 Å². The van der Waals surface area contributed by atoms with Crippen molar-refractivity contribution in [2.75, 3.05) is 13.1 Å². The van der Waals surface area contributed by atoms with Gasteiger partial charge < -0.3 is 5.32 Å². The van der Waals surface area contributed by atoms with Crippen LogP contribution < -0.4 is 5.32 Å². The summed E-state index contributed by atoms with van der Waals surface area (Å²) in [6.07, 6.45) is 0.529. The second-order valence-corrected chi connectivity index (χ2v) is 6.08. The van der Waals surface area contributed by atoms with Gasteiger partial charge >= 0.3 is 0 Å². The highest BCUT2D eigenvalue weighted by Gasteiger charge is 2.21. The predicted molar refractivity (Wildman–Crippen MR) is 71.6 cm³/mol. The Balaban J connectivity index is 2.61. The van der Waals surface area contributed by atoms with Crippen LogP contribution in [0.2, 0.25) is 0 Å². The zero-order valence-electron chi connectivity index (χ0n) is 11.7. The molecule has 0 spiro atoms. The van der Waals surface area contributed by atoms with Crippen LogP contribution in [-0.4, -0.2) is 13.1 Å². The van der Waals surface area contributed by atoms with Crippen molar-refractivity contribution in [1.82, 2.24) is 5.32 Å². The summed E-state index contributed by atoms with van der Waals surface area (Å²) in [5, 5.41) is 3.36. The lowest BCUT2D eigenvalue weighted by molar-refractivity contribution is 0.324. The van der Waals surface area contributed by atoms with Gasteiger partial charge in [-0.1, -0.05) is 39.8 Å². The normalized spacial score (nSPS) is 12.2. The van der Waals surface area contributed by atoms with Crippen molar-refractivity contribution in [3.05, 3.63) is 35.4 Å². The maximum absolute atomic E-state index is 13.6. The maximum atomic E-state index is 13.6. The van der Waals surface area contributed by atoms with Crippen LogP contribution in [0.4, 0.5) is 8.78 Å². The van der Waals surface area contributed by atoms with E-state index in [9.17, 15) is 8.78 Å². The summed E-state index contributed by atoms with van der Waals surface area (Å²) in [7, 11) is 0. The molecule has 1 rings (SSSR count). The Hall–Kier alpha value is -0.960. The SMILES string of the molecule is CC(C)CNCC(C)(C)Cc1cccc(F)c1F. The van der Waals surface area contributed by atoms with E-state index in [0.29, 0.717) is 17.9 Å². The average molecular weight is 255 g/mol. The first-order chi connectivity index (χ1) is 8.32. The van der Waals surface area contributed by atoms with Gasteiger partial charge in [0.2, 0.25) is 0 Å². The third kappa shape index (κ3) is 4.73. The summed E-state index contributed by atoms with van der Waals surface area (Å²) in [5.41, 5.74) is 0.357. The van der Waals surface area contributed by atoms with Crippen molar-refractivity contribution >= 4 is 0 Å². The molecule has 1 N–H and O–H groups in total. The van der Waals surface area contributed by atoms with E-state index >= 15 is 0 Å². The number of hydrogen-bond acceptors (Lipinski definition) is 1. The van der Waals surface area contributed by atoms with Crippen molar-refractivity contribution in [2.24, 2.45) is 11.3 Å². The Morgan fingerprint density at radius 2 is 1.89 bits per heavy atom. The van der Waals surface area contributed by atoms with Crippen LogP contribution in [-0.2, 0) is 6.42 Å². The monoisotopic (exact) mass is 255 g/mol. The summed E-state index contributed by atoms with van der Waals surface area (Å²) in [6.45, 7) is 10.1. The fourth-order valence-electron chi connectivity index (χ4n) is 1.96. The molecule has 0 aliphatic rings. The molecule has 0 aromatic heterocycles. The largest absolute Gasteiger partial charge is 0.316 e. The molecule has 1 aromatic rings. The van der Waals surface area contributed by atoms with Gasteiger partial charge in [0.1, 0.15) is 0 Å². The van der Waals surface area contributed by atoms with E-state index in [2.05, 4.69) is 33.0 Å². The Morgan fingerprint density at radius 3 is 2.50 bits per heavy atom. The fourth-order valence-corrected chi connectivity index (χ4v) is 1.96.